The molecule has 0 aromatic heterocycles. The molecule has 0 saturated heterocycles. The van der Waals surface area contributed by atoms with Gasteiger partial charge in [-0.05, 0) is 12.8 Å². The van der Waals surface area contributed by atoms with E-state index in [1.165, 1.54) is 0 Å². The minimum absolute atomic E-state index is 0.739. The Morgan fingerprint density at radius 2 is 0.769 bits per heavy atom. The van der Waals surface area contributed by atoms with Gasteiger partial charge in [-0.1, -0.05) is 0 Å². The molecule has 0 bridgehead atoms. The first-order chi connectivity index (χ1) is 12.9. The largest absolute Gasteiger partial charge is 0.479 e. The Kier molecular flexibility index (Phi) is 7.74. The normalized spacial score (nSPS) is 20.6. The van der Waals surface area contributed by atoms with Gasteiger partial charge in [-0.3, -0.25) is 20.0 Å². The Hall–Kier alpha value is -2.12. The molecule has 26 heavy (non-hydrogen) atoms. The van der Waals surface area contributed by atoms with E-state index in [1.807, 2.05) is 0 Å². The SMILES string of the molecule is C(CCC1=NCCO1)CC1=NCCO1.C1COC(CCC2=NCCO2)=N1. The van der Waals surface area contributed by atoms with E-state index >= 15 is 0 Å². The summed E-state index contributed by atoms with van der Waals surface area (Å²) in [4.78, 5) is 16.8. The second kappa shape index (κ2) is 10.8. The van der Waals surface area contributed by atoms with Crippen molar-refractivity contribution in [1.82, 2.24) is 0 Å². The maximum absolute atomic E-state index is 5.31. The second-order valence-electron chi connectivity index (χ2n) is 6.20. The molecule has 0 amide bonds. The van der Waals surface area contributed by atoms with Gasteiger partial charge in [-0.15, -0.1) is 0 Å². The van der Waals surface area contributed by atoms with Gasteiger partial charge in [0.05, 0.1) is 26.2 Å². The topological polar surface area (TPSA) is 86.4 Å². The Morgan fingerprint density at radius 1 is 0.462 bits per heavy atom. The van der Waals surface area contributed by atoms with Gasteiger partial charge in [-0.25, -0.2) is 0 Å². The quantitative estimate of drug-likeness (QED) is 0.617. The van der Waals surface area contributed by atoms with Crippen molar-refractivity contribution in [2.75, 3.05) is 52.6 Å². The van der Waals surface area contributed by atoms with Crippen LogP contribution in [0.4, 0.5) is 0 Å². The third-order valence-corrected chi connectivity index (χ3v) is 4.18. The summed E-state index contributed by atoms with van der Waals surface area (Å²) in [7, 11) is 0. The molecule has 4 heterocycles. The molecule has 0 atom stereocenters. The number of aliphatic imine (C=N–C) groups is 4. The van der Waals surface area contributed by atoms with E-state index in [9.17, 15) is 0 Å². The van der Waals surface area contributed by atoms with E-state index < -0.39 is 0 Å². The highest BCUT2D eigenvalue weighted by atomic mass is 16.5. The average molecular weight is 364 g/mol. The molecule has 0 aromatic rings. The molecule has 0 radical (unpaired) electrons. The molecule has 4 rings (SSSR count). The van der Waals surface area contributed by atoms with Crippen molar-refractivity contribution < 1.29 is 18.9 Å². The van der Waals surface area contributed by atoms with Gasteiger partial charge in [0.25, 0.3) is 0 Å². The lowest BCUT2D eigenvalue weighted by Gasteiger charge is -2.02. The molecule has 0 spiro atoms. The molecule has 0 fully saturated rings. The smallest absolute Gasteiger partial charge is 0.183 e. The van der Waals surface area contributed by atoms with Crippen LogP contribution in [0.15, 0.2) is 20.0 Å². The Balaban J connectivity index is 0.000000152. The lowest BCUT2D eigenvalue weighted by atomic mass is 10.2. The number of nitrogens with zero attached hydrogens (tertiary/aromatic N) is 4. The summed E-state index contributed by atoms with van der Waals surface area (Å²) < 4.78 is 21.1. The van der Waals surface area contributed by atoms with E-state index in [4.69, 9.17) is 18.9 Å². The molecule has 144 valence electrons. The highest BCUT2D eigenvalue weighted by molar-refractivity contribution is 5.84. The predicted molar refractivity (Wildman–Crippen MR) is 101 cm³/mol. The molecule has 8 heteroatoms. The van der Waals surface area contributed by atoms with E-state index in [-0.39, 0.29) is 0 Å². The average Bonchev–Trinajstić information content (AvgIpc) is 3.47. The highest BCUT2D eigenvalue weighted by Gasteiger charge is 2.12. The van der Waals surface area contributed by atoms with Gasteiger partial charge in [-0.2, -0.15) is 0 Å². The van der Waals surface area contributed by atoms with E-state index in [0.717, 1.165) is 115 Å². The summed E-state index contributed by atoms with van der Waals surface area (Å²) >= 11 is 0. The summed E-state index contributed by atoms with van der Waals surface area (Å²) in [6, 6.07) is 0. The monoisotopic (exact) mass is 364 g/mol. The van der Waals surface area contributed by atoms with Crippen molar-refractivity contribution in [3.05, 3.63) is 0 Å². The van der Waals surface area contributed by atoms with Crippen LogP contribution >= 0.6 is 0 Å². The van der Waals surface area contributed by atoms with E-state index in [0.29, 0.717) is 0 Å². The molecular formula is C18H28N4O4. The summed E-state index contributed by atoms with van der Waals surface area (Å²) in [5.74, 6) is 3.57. The van der Waals surface area contributed by atoms with Crippen molar-refractivity contribution in [1.29, 1.82) is 0 Å². The predicted octanol–water partition coefficient (Wildman–Crippen LogP) is 2.03. The van der Waals surface area contributed by atoms with Crippen molar-refractivity contribution >= 4 is 23.6 Å². The fourth-order valence-electron chi connectivity index (χ4n) is 2.89. The van der Waals surface area contributed by atoms with Gasteiger partial charge < -0.3 is 18.9 Å². The zero-order chi connectivity index (χ0) is 17.9. The van der Waals surface area contributed by atoms with Crippen LogP contribution in [-0.4, -0.2) is 76.2 Å². The first-order valence-electron chi connectivity index (χ1n) is 9.54. The van der Waals surface area contributed by atoms with Gasteiger partial charge in [0.1, 0.15) is 26.4 Å². The minimum Gasteiger partial charge on any atom is -0.479 e. The van der Waals surface area contributed by atoms with Gasteiger partial charge in [0, 0.05) is 25.7 Å². The molecule has 4 aliphatic heterocycles. The second-order valence-corrected chi connectivity index (χ2v) is 6.20. The molecule has 0 aliphatic carbocycles. The molecule has 0 N–H and O–H groups in total. The Labute approximate surface area is 154 Å². The third kappa shape index (κ3) is 6.65. The minimum atomic E-state index is 0.739. The number of rotatable bonds is 8. The maximum Gasteiger partial charge on any atom is 0.183 e. The van der Waals surface area contributed by atoms with Crippen LogP contribution in [-0.2, 0) is 18.9 Å². The van der Waals surface area contributed by atoms with Crippen LogP contribution in [0.2, 0.25) is 0 Å². The van der Waals surface area contributed by atoms with Crippen LogP contribution in [0.25, 0.3) is 0 Å². The van der Waals surface area contributed by atoms with E-state index in [2.05, 4.69) is 20.0 Å². The van der Waals surface area contributed by atoms with Crippen molar-refractivity contribution in [2.24, 2.45) is 20.0 Å². The van der Waals surface area contributed by atoms with Gasteiger partial charge in [0.15, 0.2) is 23.6 Å². The Bertz CT molecular complexity index is 522. The molecule has 4 aliphatic rings. The zero-order valence-corrected chi connectivity index (χ0v) is 15.3. The zero-order valence-electron chi connectivity index (χ0n) is 15.3. The number of hydrogen-bond donors (Lipinski definition) is 0. The van der Waals surface area contributed by atoms with Crippen LogP contribution in [0, 0.1) is 0 Å². The maximum atomic E-state index is 5.31. The van der Waals surface area contributed by atoms with Crippen molar-refractivity contribution in [2.45, 2.75) is 38.5 Å². The number of unbranched alkanes of at least 4 members (excludes halogenated alkanes) is 1. The molecular weight excluding hydrogens is 336 g/mol. The molecule has 0 aromatic carbocycles. The van der Waals surface area contributed by atoms with Crippen LogP contribution < -0.4 is 0 Å². The van der Waals surface area contributed by atoms with Crippen LogP contribution in [0.1, 0.15) is 38.5 Å². The molecule has 0 unspecified atom stereocenters. The molecule has 0 saturated carbocycles. The fraction of sp³-hybridized carbons (Fsp3) is 0.778. The van der Waals surface area contributed by atoms with Crippen LogP contribution in [0.5, 0.6) is 0 Å². The van der Waals surface area contributed by atoms with Crippen molar-refractivity contribution in [3.8, 4) is 0 Å². The summed E-state index contributed by atoms with van der Waals surface area (Å²) in [5.41, 5.74) is 0. The number of hydrogen-bond acceptors (Lipinski definition) is 8. The van der Waals surface area contributed by atoms with Gasteiger partial charge >= 0.3 is 0 Å². The van der Waals surface area contributed by atoms with Crippen LogP contribution in [0.3, 0.4) is 0 Å². The standard InChI is InChI=1S/C10H16N2O2.C8H12N2O2/c1(3-9-11-5-7-13-9)2-4-10-12-6-8-14-10;1(7-9-3-5-11-7)2-8-10-4-6-12-8/h1-8H2;1-6H2. The fourth-order valence-corrected chi connectivity index (χ4v) is 2.89. The Morgan fingerprint density at radius 3 is 1.04 bits per heavy atom. The molecule has 8 nitrogen and oxygen atoms in total. The first kappa shape index (κ1) is 18.7. The van der Waals surface area contributed by atoms with Crippen molar-refractivity contribution in [3.63, 3.8) is 0 Å². The first-order valence-corrected chi connectivity index (χ1v) is 9.54. The van der Waals surface area contributed by atoms with Gasteiger partial charge in [0.2, 0.25) is 0 Å². The summed E-state index contributed by atoms with van der Waals surface area (Å²) in [6.07, 6.45) is 5.82. The van der Waals surface area contributed by atoms with E-state index in [1.54, 1.807) is 0 Å². The number of ether oxygens (including phenoxy) is 4. The lowest BCUT2D eigenvalue weighted by molar-refractivity contribution is 0.327. The lowest BCUT2D eigenvalue weighted by Crippen LogP contribution is -2.04. The summed E-state index contributed by atoms with van der Waals surface area (Å²) in [6.45, 7) is 6.31. The highest BCUT2D eigenvalue weighted by Crippen LogP contribution is 2.09. The summed E-state index contributed by atoms with van der Waals surface area (Å²) in [5, 5.41) is 0. The third-order valence-electron chi connectivity index (χ3n) is 4.18.